The smallest absolute Gasteiger partial charge is 0.338 e. The van der Waals surface area contributed by atoms with Crippen molar-refractivity contribution in [2.24, 2.45) is 11.8 Å². The lowest BCUT2D eigenvalue weighted by atomic mass is 9.71. The number of likely N-dealkylation sites (tertiary alicyclic amines) is 1. The minimum Gasteiger partial charge on any atom is -0.465 e. The number of anilines is 2. The zero-order valence-corrected chi connectivity index (χ0v) is 24.8. The minimum absolute atomic E-state index is 0.00385. The van der Waals surface area contributed by atoms with Gasteiger partial charge in [-0.05, 0) is 54.7 Å². The first-order valence-electron chi connectivity index (χ1n) is 14.1. The Hall–Kier alpha value is -4.06. The number of benzene rings is 3. The molecule has 44 heavy (non-hydrogen) atoms. The summed E-state index contributed by atoms with van der Waals surface area (Å²) in [6.07, 6.45) is 1.88. The number of hydrogen-bond donors (Lipinski definition) is 1. The lowest BCUT2D eigenvalue weighted by Crippen LogP contribution is -2.54. The molecule has 1 aliphatic carbocycles. The van der Waals surface area contributed by atoms with Crippen molar-refractivity contribution in [2.45, 2.75) is 30.3 Å². The Bertz CT molecular complexity index is 1780. The fourth-order valence-corrected chi connectivity index (χ4v) is 7.73. The second kappa shape index (κ2) is 10.3. The Balaban J connectivity index is 1.43. The zero-order chi connectivity index (χ0) is 31.1. The first-order valence-corrected chi connectivity index (χ1v) is 14.8. The van der Waals surface area contributed by atoms with Crippen molar-refractivity contribution >= 4 is 58.0 Å². The number of esters is 1. The van der Waals surface area contributed by atoms with Gasteiger partial charge in [0, 0.05) is 47.4 Å². The Morgan fingerprint density at radius 3 is 2.64 bits per heavy atom. The molecule has 0 unspecified atom stereocenters. The lowest BCUT2D eigenvalue weighted by Gasteiger charge is -2.41. The van der Waals surface area contributed by atoms with E-state index in [9.17, 15) is 24.5 Å². The molecule has 3 aliphatic heterocycles. The zero-order valence-electron chi connectivity index (χ0n) is 23.3. The van der Waals surface area contributed by atoms with Gasteiger partial charge in [0.05, 0.1) is 28.5 Å². The first kappa shape index (κ1) is 28.7. The van der Waals surface area contributed by atoms with Gasteiger partial charge in [-0.15, -0.1) is 0 Å². The van der Waals surface area contributed by atoms with Crippen LogP contribution in [0.2, 0.25) is 10.0 Å². The van der Waals surface area contributed by atoms with Crippen molar-refractivity contribution in [3.8, 4) is 0 Å². The average Bonchev–Trinajstić information content (AvgIpc) is 3.63. The number of carbonyl (C=O) groups is 3. The second-order valence-electron chi connectivity index (χ2n) is 11.6. The van der Waals surface area contributed by atoms with Gasteiger partial charge < -0.3 is 15.0 Å². The van der Waals surface area contributed by atoms with Crippen LogP contribution in [0.25, 0.3) is 0 Å². The molecular formula is C31H25Cl2FN4O6. The summed E-state index contributed by atoms with van der Waals surface area (Å²) in [5, 5.41) is 15.4. The Morgan fingerprint density at radius 2 is 1.93 bits per heavy atom. The third kappa shape index (κ3) is 4.06. The van der Waals surface area contributed by atoms with Gasteiger partial charge in [-0.2, -0.15) is 0 Å². The highest BCUT2D eigenvalue weighted by molar-refractivity contribution is 6.31. The molecule has 10 nitrogen and oxygen atoms in total. The van der Waals surface area contributed by atoms with E-state index in [2.05, 4.69) is 5.32 Å². The number of ether oxygens (including phenoxy) is 1. The van der Waals surface area contributed by atoms with E-state index >= 15 is 4.39 Å². The summed E-state index contributed by atoms with van der Waals surface area (Å²) in [7, 11) is 1.16. The lowest BCUT2D eigenvalue weighted by molar-refractivity contribution is -0.384. The van der Waals surface area contributed by atoms with Crippen LogP contribution >= 0.6 is 23.2 Å². The number of rotatable bonds is 6. The van der Waals surface area contributed by atoms with E-state index < -0.39 is 57.6 Å². The van der Waals surface area contributed by atoms with Crippen LogP contribution in [0.15, 0.2) is 54.6 Å². The Labute approximate surface area is 260 Å². The molecule has 3 heterocycles. The number of methoxy groups -OCH3 is 1. The molecule has 3 aromatic rings. The highest BCUT2D eigenvalue weighted by Gasteiger charge is 2.71. The monoisotopic (exact) mass is 638 g/mol. The topological polar surface area (TPSA) is 122 Å². The standard InChI is InChI=1S/C31H25Cl2FN4O6/c1-44-29(40)16-7-10-22(23(11-16)38(42)43)36-14-24-25(28(36)39)26(18-3-2-4-20(33)27(18)34)31(37(24)13-15-5-6-15)19-9-8-17(32)12-21(19)35-30(31)41/h2-4,7-12,15,24-26H,5-6,13-14H2,1H3,(H,35,41)/t24-,25+,26-,31+/m0/s1. The third-order valence-corrected chi connectivity index (χ3v) is 9.86. The quantitative estimate of drug-likeness (QED) is 0.214. The van der Waals surface area contributed by atoms with Gasteiger partial charge in [0.2, 0.25) is 11.8 Å². The molecule has 226 valence electrons. The van der Waals surface area contributed by atoms with E-state index in [-0.39, 0.29) is 34.3 Å². The summed E-state index contributed by atoms with van der Waals surface area (Å²) < 4.78 is 20.7. The fourth-order valence-electron chi connectivity index (χ4n) is 7.38. The molecular weight excluding hydrogens is 614 g/mol. The molecule has 4 aliphatic rings. The predicted octanol–water partition coefficient (Wildman–Crippen LogP) is 5.52. The van der Waals surface area contributed by atoms with Crippen LogP contribution in [0, 0.1) is 27.8 Å². The van der Waals surface area contributed by atoms with E-state index in [4.69, 9.17) is 27.9 Å². The van der Waals surface area contributed by atoms with Gasteiger partial charge in [0.25, 0.3) is 5.69 Å². The van der Waals surface area contributed by atoms with Gasteiger partial charge in [-0.1, -0.05) is 41.4 Å². The third-order valence-electron chi connectivity index (χ3n) is 9.34. The van der Waals surface area contributed by atoms with Crippen molar-refractivity contribution < 1.29 is 28.4 Å². The molecule has 0 aromatic heterocycles. The predicted molar refractivity (Wildman–Crippen MR) is 159 cm³/mol. The van der Waals surface area contributed by atoms with E-state index in [1.54, 1.807) is 24.3 Å². The molecule has 1 saturated carbocycles. The normalized spacial score (nSPS) is 25.7. The van der Waals surface area contributed by atoms with Crippen LogP contribution in [-0.2, 0) is 19.9 Å². The molecule has 3 fully saturated rings. The van der Waals surface area contributed by atoms with Crippen LogP contribution in [0.4, 0.5) is 21.5 Å². The number of nitrogens with one attached hydrogen (secondary N) is 1. The SMILES string of the molecule is COC(=O)c1ccc(N2C[C@H]3[C@@H](C2=O)[C@H](c2cccc(Cl)c2F)[C@]2(C(=O)Nc4cc(Cl)ccc42)N3CC2CC2)c([N+](=O)[O-])c1. The number of nitro groups is 1. The number of amides is 2. The van der Waals surface area contributed by atoms with Gasteiger partial charge >= 0.3 is 5.97 Å². The minimum atomic E-state index is -1.47. The summed E-state index contributed by atoms with van der Waals surface area (Å²) in [5.74, 6) is -4.13. The van der Waals surface area contributed by atoms with E-state index in [1.165, 1.54) is 29.2 Å². The maximum Gasteiger partial charge on any atom is 0.338 e. The van der Waals surface area contributed by atoms with Crippen molar-refractivity contribution in [1.29, 1.82) is 0 Å². The highest BCUT2D eigenvalue weighted by Crippen LogP contribution is 2.62. The van der Waals surface area contributed by atoms with E-state index in [0.29, 0.717) is 22.8 Å². The molecule has 13 heteroatoms. The summed E-state index contributed by atoms with van der Waals surface area (Å²) >= 11 is 12.6. The van der Waals surface area contributed by atoms with Crippen LogP contribution in [-0.4, -0.2) is 53.8 Å². The van der Waals surface area contributed by atoms with Gasteiger partial charge in [0.15, 0.2) is 0 Å². The maximum absolute atomic E-state index is 16.0. The Kier molecular flexibility index (Phi) is 6.69. The first-order chi connectivity index (χ1) is 21.1. The van der Waals surface area contributed by atoms with Crippen molar-refractivity contribution in [3.63, 3.8) is 0 Å². The van der Waals surface area contributed by atoms with Crippen LogP contribution in [0.1, 0.15) is 40.2 Å². The molecule has 2 amide bonds. The molecule has 1 N–H and O–H groups in total. The fraction of sp³-hybridized carbons (Fsp3) is 0.323. The molecule has 3 aromatic carbocycles. The summed E-state index contributed by atoms with van der Waals surface area (Å²) in [6, 6.07) is 12.7. The van der Waals surface area contributed by atoms with Crippen molar-refractivity contribution in [2.75, 3.05) is 30.4 Å². The summed E-state index contributed by atoms with van der Waals surface area (Å²) in [4.78, 5) is 55.8. The molecule has 0 radical (unpaired) electrons. The number of carbonyl (C=O) groups excluding carboxylic acids is 3. The average molecular weight is 639 g/mol. The number of halogens is 3. The molecule has 2 saturated heterocycles. The van der Waals surface area contributed by atoms with E-state index in [0.717, 1.165) is 26.0 Å². The van der Waals surface area contributed by atoms with Crippen LogP contribution < -0.4 is 10.2 Å². The summed E-state index contributed by atoms with van der Waals surface area (Å²) in [5.41, 5.74) is -0.792. The maximum atomic E-state index is 16.0. The summed E-state index contributed by atoms with van der Waals surface area (Å²) in [6.45, 7) is 0.463. The molecule has 7 rings (SSSR count). The molecule has 0 bridgehead atoms. The largest absolute Gasteiger partial charge is 0.465 e. The van der Waals surface area contributed by atoms with Gasteiger partial charge in [-0.3, -0.25) is 24.6 Å². The van der Waals surface area contributed by atoms with Crippen molar-refractivity contribution in [1.82, 2.24) is 4.90 Å². The Morgan fingerprint density at radius 1 is 1.16 bits per heavy atom. The van der Waals surface area contributed by atoms with Crippen LogP contribution in [0.5, 0.6) is 0 Å². The number of nitrogens with zero attached hydrogens (tertiary/aromatic N) is 3. The number of nitro benzene ring substituents is 1. The van der Waals surface area contributed by atoms with Gasteiger partial charge in [-0.25, -0.2) is 9.18 Å². The van der Waals surface area contributed by atoms with Crippen LogP contribution in [0.3, 0.4) is 0 Å². The molecule has 1 spiro atoms. The number of hydrogen-bond acceptors (Lipinski definition) is 7. The number of fused-ring (bicyclic) bond motifs is 3. The highest BCUT2D eigenvalue weighted by atomic mass is 35.5. The van der Waals surface area contributed by atoms with E-state index in [1.807, 2.05) is 4.90 Å². The van der Waals surface area contributed by atoms with Crippen molar-refractivity contribution in [3.05, 3.63) is 97.3 Å². The van der Waals surface area contributed by atoms with Gasteiger partial charge in [0.1, 0.15) is 17.0 Å². The second-order valence-corrected chi connectivity index (χ2v) is 12.5. The molecule has 4 atom stereocenters.